The van der Waals surface area contributed by atoms with Crippen molar-refractivity contribution in [1.29, 1.82) is 0 Å². The van der Waals surface area contributed by atoms with Crippen LogP contribution in [0.1, 0.15) is 16.1 Å². The molecule has 0 saturated carbocycles. The standard InChI is InChI=1S/C18H19ClN4O3/c1-26-14-3-2-13(15(19)11-14)10-17(24)22-6-8-23(9-7-22)18(25)16-12-20-4-5-21-16/h2-5,11-12H,6-10H2,1H3. The molecule has 26 heavy (non-hydrogen) atoms. The first-order valence-electron chi connectivity index (χ1n) is 8.24. The van der Waals surface area contributed by atoms with Gasteiger partial charge in [-0.3, -0.25) is 14.6 Å². The summed E-state index contributed by atoms with van der Waals surface area (Å²) in [6, 6.07) is 5.28. The van der Waals surface area contributed by atoms with E-state index in [1.165, 1.54) is 18.6 Å². The number of piperazine rings is 1. The van der Waals surface area contributed by atoms with Gasteiger partial charge in [0.15, 0.2) is 0 Å². The zero-order valence-corrected chi connectivity index (χ0v) is 15.1. The molecule has 1 saturated heterocycles. The molecule has 1 aromatic carbocycles. The molecule has 0 radical (unpaired) electrons. The van der Waals surface area contributed by atoms with Crippen molar-refractivity contribution in [3.8, 4) is 5.75 Å². The minimum atomic E-state index is -0.164. The number of nitrogens with zero attached hydrogens (tertiary/aromatic N) is 4. The van der Waals surface area contributed by atoms with Gasteiger partial charge in [0, 0.05) is 43.6 Å². The summed E-state index contributed by atoms with van der Waals surface area (Å²) >= 11 is 6.21. The van der Waals surface area contributed by atoms with Crippen LogP contribution in [0.15, 0.2) is 36.8 Å². The molecular weight excluding hydrogens is 356 g/mol. The van der Waals surface area contributed by atoms with Crippen molar-refractivity contribution in [2.75, 3.05) is 33.3 Å². The van der Waals surface area contributed by atoms with Crippen LogP contribution >= 0.6 is 11.6 Å². The summed E-state index contributed by atoms with van der Waals surface area (Å²) in [6.45, 7) is 1.91. The van der Waals surface area contributed by atoms with Gasteiger partial charge in [0.25, 0.3) is 5.91 Å². The molecule has 0 atom stereocenters. The zero-order valence-electron chi connectivity index (χ0n) is 14.4. The van der Waals surface area contributed by atoms with Gasteiger partial charge in [0.1, 0.15) is 11.4 Å². The summed E-state index contributed by atoms with van der Waals surface area (Å²) in [6.07, 6.45) is 4.69. The zero-order chi connectivity index (χ0) is 18.5. The van der Waals surface area contributed by atoms with E-state index in [0.717, 1.165) is 5.56 Å². The normalized spacial score (nSPS) is 14.2. The molecule has 1 aliphatic heterocycles. The smallest absolute Gasteiger partial charge is 0.274 e. The Kier molecular flexibility index (Phi) is 5.68. The number of aromatic nitrogens is 2. The van der Waals surface area contributed by atoms with E-state index in [2.05, 4.69) is 9.97 Å². The molecule has 7 nitrogen and oxygen atoms in total. The van der Waals surface area contributed by atoms with Gasteiger partial charge in [0.2, 0.25) is 5.91 Å². The maximum Gasteiger partial charge on any atom is 0.274 e. The van der Waals surface area contributed by atoms with E-state index in [1.54, 1.807) is 35.1 Å². The first-order valence-corrected chi connectivity index (χ1v) is 8.62. The van der Waals surface area contributed by atoms with Crippen LogP contribution in [0.4, 0.5) is 0 Å². The van der Waals surface area contributed by atoms with Crippen molar-refractivity contribution < 1.29 is 14.3 Å². The third-order valence-electron chi connectivity index (χ3n) is 4.30. The van der Waals surface area contributed by atoms with Gasteiger partial charge in [-0.25, -0.2) is 4.98 Å². The molecule has 2 heterocycles. The lowest BCUT2D eigenvalue weighted by molar-refractivity contribution is -0.131. The Hall–Kier alpha value is -2.67. The summed E-state index contributed by atoms with van der Waals surface area (Å²) in [5.74, 6) is 0.481. The average Bonchev–Trinajstić information content (AvgIpc) is 2.69. The van der Waals surface area contributed by atoms with Crippen molar-refractivity contribution in [3.63, 3.8) is 0 Å². The highest BCUT2D eigenvalue weighted by Gasteiger charge is 2.25. The second-order valence-corrected chi connectivity index (χ2v) is 6.30. The SMILES string of the molecule is COc1ccc(CC(=O)N2CCN(C(=O)c3cnccn3)CC2)c(Cl)c1. The predicted molar refractivity (Wildman–Crippen MR) is 96.2 cm³/mol. The number of halogens is 1. The summed E-state index contributed by atoms with van der Waals surface area (Å²) < 4.78 is 5.12. The van der Waals surface area contributed by atoms with E-state index >= 15 is 0 Å². The van der Waals surface area contributed by atoms with E-state index in [4.69, 9.17) is 16.3 Å². The number of hydrogen-bond donors (Lipinski definition) is 0. The number of amides is 2. The van der Waals surface area contributed by atoms with Crippen LogP contribution in [0.25, 0.3) is 0 Å². The van der Waals surface area contributed by atoms with Gasteiger partial charge in [-0.1, -0.05) is 17.7 Å². The third-order valence-corrected chi connectivity index (χ3v) is 4.66. The summed E-state index contributed by atoms with van der Waals surface area (Å²) in [4.78, 5) is 36.3. The largest absolute Gasteiger partial charge is 0.497 e. The van der Waals surface area contributed by atoms with E-state index in [0.29, 0.717) is 42.6 Å². The molecule has 136 valence electrons. The van der Waals surface area contributed by atoms with Crippen molar-refractivity contribution >= 4 is 23.4 Å². The first kappa shape index (κ1) is 18.1. The summed E-state index contributed by atoms with van der Waals surface area (Å²) in [5.41, 5.74) is 1.08. The first-order chi connectivity index (χ1) is 12.6. The number of benzene rings is 1. The van der Waals surface area contributed by atoms with E-state index in [9.17, 15) is 9.59 Å². The number of carbonyl (C=O) groups is 2. The maximum absolute atomic E-state index is 12.5. The summed E-state index contributed by atoms with van der Waals surface area (Å²) in [5, 5.41) is 0.508. The van der Waals surface area contributed by atoms with Crippen LogP contribution in [0.3, 0.4) is 0 Å². The van der Waals surface area contributed by atoms with Gasteiger partial charge in [-0.15, -0.1) is 0 Å². The Morgan fingerprint density at radius 1 is 1.15 bits per heavy atom. The van der Waals surface area contributed by atoms with Gasteiger partial charge >= 0.3 is 0 Å². The van der Waals surface area contributed by atoms with Crippen LogP contribution in [0, 0.1) is 0 Å². The lowest BCUT2D eigenvalue weighted by atomic mass is 10.1. The average molecular weight is 375 g/mol. The third kappa shape index (κ3) is 4.11. The highest BCUT2D eigenvalue weighted by Crippen LogP contribution is 2.23. The van der Waals surface area contributed by atoms with E-state index in [-0.39, 0.29) is 18.2 Å². The predicted octanol–water partition coefficient (Wildman–Crippen LogP) is 1.67. The molecule has 1 aromatic heterocycles. The summed E-state index contributed by atoms with van der Waals surface area (Å²) in [7, 11) is 1.57. The second-order valence-electron chi connectivity index (χ2n) is 5.90. The molecule has 1 aliphatic rings. The van der Waals surface area contributed by atoms with Crippen LogP contribution in [-0.4, -0.2) is 64.9 Å². The van der Waals surface area contributed by atoms with Crippen LogP contribution in [0.5, 0.6) is 5.75 Å². The molecule has 8 heteroatoms. The highest BCUT2D eigenvalue weighted by atomic mass is 35.5. The van der Waals surface area contributed by atoms with Crippen LogP contribution < -0.4 is 4.74 Å². The fourth-order valence-electron chi connectivity index (χ4n) is 2.80. The van der Waals surface area contributed by atoms with Crippen molar-refractivity contribution in [2.45, 2.75) is 6.42 Å². The molecule has 1 fully saturated rings. The number of hydrogen-bond acceptors (Lipinski definition) is 5. The highest BCUT2D eigenvalue weighted by molar-refractivity contribution is 6.31. The number of rotatable bonds is 4. The fourth-order valence-corrected chi connectivity index (χ4v) is 3.04. The molecule has 0 bridgehead atoms. The Morgan fingerprint density at radius 3 is 2.50 bits per heavy atom. The minimum absolute atomic E-state index is 0.0105. The second kappa shape index (κ2) is 8.14. The Bertz CT molecular complexity index is 792. The van der Waals surface area contributed by atoms with Crippen molar-refractivity contribution in [1.82, 2.24) is 19.8 Å². The van der Waals surface area contributed by atoms with Gasteiger partial charge in [-0.05, 0) is 17.7 Å². The quantitative estimate of drug-likeness (QED) is 0.813. The van der Waals surface area contributed by atoms with E-state index < -0.39 is 0 Å². The van der Waals surface area contributed by atoms with Gasteiger partial charge < -0.3 is 14.5 Å². The van der Waals surface area contributed by atoms with Crippen molar-refractivity contribution in [2.24, 2.45) is 0 Å². The Balaban J connectivity index is 1.56. The van der Waals surface area contributed by atoms with Crippen molar-refractivity contribution in [3.05, 3.63) is 53.1 Å². The molecule has 2 aromatic rings. The molecule has 0 unspecified atom stereocenters. The van der Waals surface area contributed by atoms with Gasteiger partial charge in [0.05, 0.1) is 19.7 Å². The number of ether oxygens (including phenoxy) is 1. The molecule has 0 N–H and O–H groups in total. The fraction of sp³-hybridized carbons (Fsp3) is 0.333. The molecule has 0 aliphatic carbocycles. The Labute approximate surface area is 156 Å². The number of carbonyl (C=O) groups excluding carboxylic acids is 2. The monoisotopic (exact) mass is 374 g/mol. The lowest BCUT2D eigenvalue weighted by Gasteiger charge is -2.34. The van der Waals surface area contributed by atoms with E-state index in [1.807, 2.05) is 0 Å². The number of methoxy groups -OCH3 is 1. The maximum atomic E-state index is 12.5. The minimum Gasteiger partial charge on any atom is -0.497 e. The van der Waals surface area contributed by atoms with Crippen LogP contribution in [0.2, 0.25) is 5.02 Å². The Morgan fingerprint density at radius 2 is 1.88 bits per heavy atom. The topological polar surface area (TPSA) is 75.6 Å². The molecule has 0 spiro atoms. The molecule has 2 amide bonds. The molecular formula is C18H19ClN4O3. The van der Waals surface area contributed by atoms with Gasteiger partial charge in [-0.2, -0.15) is 0 Å². The molecule has 3 rings (SSSR count). The lowest BCUT2D eigenvalue weighted by Crippen LogP contribution is -2.51. The van der Waals surface area contributed by atoms with Crippen LogP contribution in [-0.2, 0) is 11.2 Å².